The van der Waals surface area contributed by atoms with Crippen molar-refractivity contribution >= 4 is 23.2 Å². The lowest BCUT2D eigenvalue weighted by atomic mass is 10.1. The van der Waals surface area contributed by atoms with E-state index in [4.69, 9.17) is 0 Å². The molecule has 3 rings (SSSR count). The van der Waals surface area contributed by atoms with Crippen LogP contribution in [0.4, 0.5) is 15.8 Å². The molecular weight excluding hydrogens is 331 g/mol. The van der Waals surface area contributed by atoms with Crippen LogP contribution < -0.4 is 10.2 Å². The predicted octanol–water partition coefficient (Wildman–Crippen LogP) is 3.94. The van der Waals surface area contributed by atoms with Crippen LogP contribution in [0.1, 0.15) is 31.4 Å². The first-order valence-electron chi connectivity index (χ1n) is 8.92. The van der Waals surface area contributed by atoms with Gasteiger partial charge in [0.15, 0.2) is 0 Å². The van der Waals surface area contributed by atoms with Crippen LogP contribution >= 0.6 is 0 Å². The van der Waals surface area contributed by atoms with E-state index in [1.807, 2.05) is 36.9 Å². The van der Waals surface area contributed by atoms with Crippen molar-refractivity contribution in [3.8, 4) is 0 Å². The van der Waals surface area contributed by atoms with Crippen LogP contribution in [0.5, 0.6) is 0 Å². The summed E-state index contributed by atoms with van der Waals surface area (Å²) in [5, 5.41) is 2.90. The molecule has 4 nitrogen and oxygen atoms in total. The fourth-order valence-corrected chi connectivity index (χ4v) is 3.15. The van der Waals surface area contributed by atoms with Gasteiger partial charge in [0, 0.05) is 30.3 Å². The summed E-state index contributed by atoms with van der Waals surface area (Å²) >= 11 is 0. The Bertz CT molecular complexity index is 815. The second kappa shape index (κ2) is 7.68. The van der Waals surface area contributed by atoms with E-state index in [-0.39, 0.29) is 23.5 Å². The summed E-state index contributed by atoms with van der Waals surface area (Å²) in [6, 6.07) is 11.9. The Morgan fingerprint density at radius 3 is 2.58 bits per heavy atom. The number of rotatable bonds is 5. The molecule has 1 N–H and O–H groups in total. The molecule has 0 fully saturated rings. The minimum atomic E-state index is -0.277. The maximum absolute atomic E-state index is 12.9. The number of carbonyl (C=O) groups is 2. The lowest BCUT2D eigenvalue weighted by molar-refractivity contribution is -0.121. The smallest absolute Gasteiger partial charge is 0.229 e. The van der Waals surface area contributed by atoms with E-state index >= 15 is 0 Å². The van der Waals surface area contributed by atoms with E-state index < -0.39 is 0 Å². The number of fused-ring (bicyclic) bond motifs is 1. The topological polar surface area (TPSA) is 49.4 Å². The van der Waals surface area contributed by atoms with Gasteiger partial charge in [0.2, 0.25) is 11.8 Å². The number of hydrogen-bond donors (Lipinski definition) is 1. The Balaban J connectivity index is 1.60. The molecule has 0 spiro atoms. The summed E-state index contributed by atoms with van der Waals surface area (Å²) in [7, 11) is 0. The van der Waals surface area contributed by atoms with E-state index in [2.05, 4.69) is 5.32 Å². The Morgan fingerprint density at radius 2 is 1.88 bits per heavy atom. The summed E-state index contributed by atoms with van der Waals surface area (Å²) in [6.07, 6.45) is 1.70. The lowest BCUT2D eigenvalue weighted by Gasteiger charge is -2.19. The highest BCUT2D eigenvalue weighted by Gasteiger charge is 2.26. The summed E-state index contributed by atoms with van der Waals surface area (Å²) in [4.78, 5) is 26.2. The van der Waals surface area contributed by atoms with Crippen molar-refractivity contribution in [2.45, 2.75) is 33.1 Å². The first kappa shape index (κ1) is 18.1. The number of nitrogens with zero attached hydrogens (tertiary/aromatic N) is 1. The molecule has 2 amide bonds. The van der Waals surface area contributed by atoms with Gasteiger partial charge in [-0.2, -0.15) is 0 Å². The van der Waals surface area contributed by atoms with Crippen LogP contribution in [0.15, 0.2) is 42.5 Å². The molecule has 0 atom stereocenters. The van der Waals surface area contributed by atoms with Gasteiger partial charge in [-0.3, -0.25) is 9.59 Å². The molecule has 5 heteroatoms. The highest BCUT2D eigenvalue weighted by molar-refractivity contribution is 5.97. The first-order chi connectivity index (χ1) is 12.4. The molecule has 2 aromatic carbocycles. The number of anilines is 2. The highest BCUT2D eigenvalue weighted by atomic mass is 19.1. The molecule has 26 heavy (non-hydrogen) atoms. The van der Waals surface area contributed by atoms with Gasteiger partial charge >= 0.3 is 0 Å². The molecule has 2 aromatic rings. The Kier molecular flexibility index (Phi) is 5.35. The van der Waals surface area contributed by atoms with E-state index in [1.165, 1.54) is 12.1 Å². The molecule has 1 heterocycles. The van der Waals surface area contributed by atoms with Crippen LogP contribution in [-0.4, -0.2) is 18.4 Å². The third-order valence-electron chi connectivity index (χ3n) is 4.57. The van der Waals surface area contributed by atoms with Gasteiger partial charge in [0.1, 0.15) is 5.82 Å². The number of amides is 2. The third kappa shape index (κ3) is 4.10. The number of benzene rings is 2. The Morgan fingerprint density at radius 1 is 1.15 bits per heavy atom. The van der Waals surface area contributed by atoms with Gasteiger partial charge in [-0.1, -0.05) is 26.0 Å². The van der Waals surface area contributed by atoms with Crippen molar-refractivity contribution in [2.75, 3.05) is 16.8 Å². The number of hydrogen-bond acceptors (Lipinski definition) is 2. The zero-order chi connectivity index (χ0) is 18.7. The van der Waals surface area contributed by atoms with E-state index in [0.717, 1.165) is 28.9 Å². The van der Waals surface area contributed by atoms with Crippen LogP contribution in [0, 0.1) is 11.7 Å². The van der Waals surface area contributed by atoms with Crippen molar-refractivity contribution in [3.05, 3.63) is 59.4 Å². The van der Waals surface area contributed by atoms with E-state index in [1.54, 1.807) is 12.1 Å². The minimum absolute atomic E-state index is 0.0354. The largest absolute Gasteiger partial charge is 0.326 e. The van der Waals surface area contributed by atoms with Crippen LogP contribution in [0.2, 0.25) is 0 Å². The minimum Gasteiger partial charge on any atom is -0.326 e. The number of nitrogens with one attached hydrogen (secondary N) is 1. The maximum Gasteiger partial charge on any atom is 0.229 e. The highest BCUT2D eigenvalue weighted by Crippen LogP contribution is 2.31. The van der Waals surface area contributed by atoms with Gasteiger partial charge in [0.05, 0.1) is 0 Å². The van der Waals surface area contributed by atoms with E-state index in [0.29, 0.717) is 19.4 Å². The monoisotopic (exact) mass is 354 g/mol. The van der Waals surface area contributed by atoms with Crippen molar-refractivity contribution < 1.29 is 14.0 Å². The fraction of sp³-hybridized carbons (Fsp3) is 0.333. The molecule has 0 unspecified atom stereocenters. The molecular formula is C21H23FN2O2. The molecule has 0 bridgehead atoms. The van der Waals surface area contributed by atoms with Crippen molar-refractivity contribution in [3.63, 3.8) is 0 Å². The summed E-state index contributed by atoms with van der Waals surface area (Å²) in [5.41, 5.74) is 3.69. The summed E-state index contributed by atoms with van der Waals surface area (Å²) in [6.45, 7) is 4.49. The SMILES string of the molecule is CC(C)C(=O)N1CCc2cc(NC(=O)CCc3ccc(F)cc3)ccc21. The van der Waals surface area contributed by atoms with Gasteiger partial charge in [-0.15, -0.1) is 0 Å². The second-order valence-corrected chi connectivity index (χ2v) is 6.91. The van der Waals surface area contributed by atoms with Crippen LogP contribution in [0.3, 0.4) is 0 Å². The molecule has 0 saturated carbocycles. The molecule has 136 valence electrons. The number of aryl methyl sites for hydroxylation is 1. The first-order valence-corrected chi connectivity index (χ1v) is 8.92. The van der Waals surface area contributed by atoms with Gasteiger partial charge < -0.3 is 10.2 Å². The molecule has 0 aromatic heterocycles. The molecule has 1 aliphatic heterocycles. The number of carbonyl (C=O) groups excluding carboxylic acids is 2. The molecule has 0 saturated heterocycles. The second-order valence-electron chi connectivity index (χ2n) is 6.91. The third-order valence-corrected chi connectivity index (χ3v) is 4.57. The van der Waals surface area contributed by atoms with Gasteiger partial charge in [-0.25, -0.2) is 4.39 Å². The average Bonchev–Trinajstić information content (AvgIpc) is 3.03. The average molecular weight is 354 g/mol. The Hall–Kier alpha value is -2.69. The normalized spacial score (nSPS) is 13.0. The zero-order valence-electron chi connectivity index (χ0n) is 15.1. The van der Waals surface area contributed by atoms with Crippen molar-refractivity contribution in [1.82, 2.24) is 0 Å². The molecule has 1 aliphatic rings. The fourth-order valence-electron chi connectivity index (χ4n) is 3.15. The van der Waals surface area contributed by atoms with Gasteiger partial charge in [-0.05, 0) is 54.3 Å². The lowest BCUT2D eigenvalue weighted by Crippen LogP contribution is -2.32. The van der Waals surface area contributed by atoms with Crippen LogP contribution in [0.25, 0.3) is 0 Å². The van der Waals surface area contributed by atoms with Crippen LogP contribution in [-0.2, 0) is 22.4 Å². The summed E-state index contributed by atoms with van der Waals surface area (Å²) < 4.78 is 12.9. The Labute approximate surface area is 153 Å². The summed E-state index contributed by atoms with van der Waals surface area (Å²) in [5.74, 6) is -0.268. The zero-order valence-corrected chi connectivity index (χ0v) is 15.1. The van der Waals surface area contributed by atoms with Crippen molar-refractivity contribution in [2.24, 2.45) is 5.92 Å². The molecule has 0 radical (unpaired) electrons. The molecule has 0 aliphatic carbocycles. The standard InChI is InChI=1S/C21H23FN2O2/c1-14(2)21(26)24-12-11-16-13-18(8-9-19(16)24)23-20(25)10-5-15-3-6-17(22)7-4-15/h3-4,6-9,13-14H,5,10-12H2,1-2H3,(H,23,25). The number of halogens is 1. The predicted molar refractivity (Wildman–Crippen MR) is 101 cm³/mol. The maximum atomic E-state index is 12.9. The van der Waals surface area contributed by atoms with Gasteiger partial charge in [0.25, 0.3) is 0 Å². The quantitative estimate of drug-likeness (QED) is 0.884. The van der Waals surface area contributed by atoms with E-state index in [9.17, 15) is 14.0 Å². The van der Waals surface area contributed by atoms with Crippen molar-refractivity contribution in [1.29, 1.82) is 0 Å².